The van der Waals surface area contributed by atoms with Gasteiger partial charge in [0.1, 0.15) is 0 Å². The molecule has 0 aliphatic heterocycles. The molecule has 0 saturated carbocycles. The summed E-state index contributed by atoms with van der Waals surface area (Å²) in [5.41, 5.74) is 0. The van der Waals surface area contributed by atoms with Crippen LogP contribution in [0.1, 0.15) is 1.43 Å². The van der Waals surface area contributed by atoms with Crippen molar-refractivity contribution in [2.24, 2.45) is 0 Å². The van der Waals surface area contributed by atoms with Gasteiger partial charge in [-0.15, -0.1) is 0 Å². The van der Waals surface area contributed by atoms with Gasteiger partial charge in [0, 0.05) is 0 Å². The Balaban J connectivity index is 0. The first-order chi connectivity index (χ1) is 0. The van der Waals surface area contributed by atoms with E-state index in [4.69, 9.17) is 0 Å². The minimum Gasteiger partial charge on any atom is -1.00 e. The molecule has 0 atom stereocenters. The zero-order chi connectivity index (χ0) is 0. The molecule has 0 radical (unpaired) electrons. The van der Waals surface area contributed by atoms with Crippen LogP contribution in [0.5, 0.6) is 0 Å². The summed E-state index contributed by atoms with van der Waals surface area (Å²) in [6.45, 7) is 0. The maximum Gasteiger partial charge on any atom is 3.00 e. The SMILES string of the molecule is [F-].[F-].[F-].[H-].[Li+].[Y+3]. The molecule has 0 saturated heterocycles. The van der Waals surface area contributed by atoms with Crippen molar-refractivity contribution >= 4 is 0 Å². The van der Waals surface area contributed by atoms with E-state index in [2.05, 4.69) is 0 Å². The smallest absolute Gasteiger partial charge is 1.00 e. The fraction of sp³-hybridized carbons (Fsp3) is 0. The predicted octanol–water partition coefficient (Wildman–Crippen LogP) is -11.9. The molecule has 0 fully saturated rings. The first-order valence-electron chi connectivity index (χ1n) is 0. The number of hydrogen-bond acceptors (Lipinski definition) is 0. The second-order valence-corrected chi connectivity index (χ2v) is 0. The number of halogens is 3. The van der Waals surface area contributed by atoms with E-state index in [1.807, 2.05) is 0 Å². The molecule has 0 rings (SSSR count). The van der Waals surface area contributed by atoms with Crippen molar-refractivity contribution in [2.75, 3.05) is 0 Å². The Morgan fingerprint density at radius 1 is 0.800 bits per heavy atom. The molecule has 0 aliphatic rings. The average molecular weight is 154 g/mol. The van der Waals surface area contributed by atoms with Gasteiger partial charge in [-0.2, -0.15) is 0 Å². The monoisotopic (exact) mass is 154 g/mol. The molecule has 0 nitrogen and oxygen atoms in total. The van der Waals surface area contributed by atoms with Gasteiger partial charge in [-0.3, -0.25) is 0 Å². The van der Waals surface area contributed by atoms with E-state index in [0.29, 0.717) is 0 Å². The quantitative estimate of drug-likeness (QED) is 0.304. The molecule has 0 spiro atoms. The van der Waals surface area contributed by atoms with Gasteiger partial charge in [-0.25, -0.2) is 0 Å². The number of rotatable bonds is 0. The Hall–Kier alpha value is 1.49. The standard InChI is InChI=1S/3FH.Li.Y.H/h3*1H;;;/q;;;+1;+3;-1/p-3. The van der Waals surface area contributed by atoms with E-state index in [9.17, 15) is 0 Å². The second kappa shape index (κ2) is 49.8. The fourth-order valence-corrected chi connectivity index (χ4v) is 0. The van der Waals surface area contributed by atoms with Crippen LogP contribution < -0.4 is 33.0 Å². The first-order valence-corrected chi connectivity index (χ1v) is 0. The molecule has 0 aromatic heterocycles. The topological polar surface area (TPSA) is 0 Å². The molecule has 0 aromatic carbocycles. The van der Waals surface area contributed by atoms with Gasteiger partial charge >= 0.3 is 51.6 Å². The summed E-state index contributed by atoms with van der Waals surface area (Å²) in [5, 5.41) is 0. The zero-order valence-corrected chi connectivity index (χ0v) is 5.55. The van der Waals surface area contributed by atoms with Gasteiger partial charge in [0.2, 0.25) is 0 Å². The van der Waals surface area contributed by atoms with Gasteiger partial charge in [0.25, 0.3) is 0 Å². The summed E-state index contributed by atoms with van der Waals surface area (Å²) in [5.74, 6) is 0. The molecule has 0 heterocycles. The van der Waals surface area contributed by atoms with Crippen LogP contribution in [0.2, 0.25) is 0 Å². The minimum atomic E-state index is 0. The first kappa shape index (κ1) is 88.0. The average Bonchev–Trinajstić information content (AvgIpc) is 0. The summed E-state index contributed by atoms with van der Waals surface area (Å²) in [6.07, 6.45) is 0. The summed E-state index contributed by atoms with van der Waals surface area (Å²) >= 11 is 0. The van der Waals surface area contributed by atoms with E-state index in [1.54, 1.807) is 0 Å². The number of hydrogen-bond donors (Lipinski definition) is 0. The van der Waals surface area contributed by atoms with E-state index in [1.165, 1.54) is 0 Å². The molecule has 0 bridgehead atoms. The third-order valence-corrected chi connectivity index (χ3v) is 0. The van der Waals surface area contributed by atoms with Crippen molar-refractivity contribution < 1.29 is 67.1 Å². The zero-order valence-electron chi connectivity index (χ0n) is 3.71. The molecule has 0 amide bonds. The summed E-state index contributed by atoms with van der Waals surface area (Å²) < 4.78 is 0. The van der Waals surface area contributed by atoms with Crippen LogP contribution in [0.15, 0.2) is 0 Å². The van der Waals surface area contributed by atoms with Gasteiger partial charge in [-0.05, 0) is 0 Å². The Morgan fingerprint density at radius 3 is 0.800 bits per heavy atom. The Labute approximate surface area is 66.7 Å². The van der Waals surface area contributed by atoms with Gasteiger partial charge in [-0.1, -0.05) is 0 Å². The molecule has 0 aliphatic carbocycles. The minimum absolute atomic E-state index is 0. The van der Waals surface area contributed by atoms with Crippen LogP contribution in [0.3, 0.4) is 0 Å². The van der Waals surface area contributed by atoms with E-state index >= 15 is 0 Å². The maximum absolute atomic E-state index is 0. The van der Waals surface area contributed by atoms with Crippen LogP contribution in [-0.4, -0.2) is 0 Å². The normalized spacial score (nSPS) is 0. The maximum atomic E-state index is 0. The second-order valence-electron chi connectivity index (χ2n) is 0. The predicted molar refractivity (Wildman–Crippen MR) is 1.11 cm³/mol. The van der Waals surface area contributed by atoms with Crippen molar-refractivity contribution in [1.29, 1.82) is 0 Å². The molecular weight excluding hydrogens is 153 g/mol. The van der Waals surface area contributed by atoms with E-state index in [0.717, 1.165) is 0 Å². The van der Waals surface area contributed by atoms with Gasteiger partial charge < -0.3 is 15.5 Å². The Morgan fingerprint density at radius 2 is 0.800 bits per heavy atom. The summed E-state index contributed by atoms with van der Waals surface area (Å²) in [6, 6.07) is 0. The molecule has 26 valence electrons. The van der Waals surface area contributed by atoms with Crippen LogP contribution >= 0.6 is 0 Å². The molecule has 0 aromatic rings. The Bertz CT molecular complexity index is 10.8. The van der Waals surface area contributed by atoms with Crippen molar-refractivity contribution in [1.82, 2.24) is 0 Å². The Kier molecular flexibility index (Phi) is 877. The fourth-order valence-electron chi connectivity index (χ4n) is 0. The van der Waals surface area contributed by atoms with Crippen LogP contribution in [0.25, 0.3) is 0 Å². The largest absolute Gasteiger partial charge is 3.00 e. The third-order valence-electron chi connectivity index (χ3n) is 0. The summed E-state index contributed by atoms with van der Waals surface area (Å²) in [4.78, 5) is 0. The van der Waals surface area contributed by atoms with Crippen molar-refractivity contribution in [3.05, 3.63) is 0 Å². The van der Waals surface area contributed by atoms with Crippen molar-refractivity contribution in [3.63, 3.8) is 0 Å². The van der Waals surface area contributed by atoms with E-state index in [-0.39, 0.29) is 67.1 Å². The third kappa shape index (κ3) is 30.1. The van der Waals surface area contributed by atoms with Crippen molar-refractivity contribution in [3.8, 4) is 0 Å². The molecule has 5 heteroatoms. The molecule has 0 unspecified atom stereocenters. The van der Waals surface area contributed by atoms with Crippen molar-refractivity contribution in [2.45, 2.75) is 0 Å². The van der Waals surface area contributed by atoms with Crippen LogP contribution in [-0.2, 0) is 32.7 Å². The van der Waals surface area contributed by atoms with Gasteiger partial charge in [0.05, 0.1) is 0 Å². The van der Waals surface area contributed by atoms with Crippen LogP contribution in [0.4, 0.5) is 0 Å². The van der Waals surface area contributed by atoms with E-state index < -0.39 is 0 Å². The summed E-state index contributed by atoms with van der Waals surface area (Å²) in [7, 11) is 0. The molecular formula is HF3LiY. The molecule has 0 N–H and O–H groups in total. The molecule has 5 heavy (non-hydrogen) atoms. The van der Waals surface area contributed by atoms with Crippen LogP contribution in [0, 0.1) is 0 Å². The van der Waals surface area contributed by atoms with Gasteiger partial charge in [0.15, 0.2) is 0 Å².